The fourth-order valence-corrected chi connectivity index (χ4v) is 1.60. The van der Waals surface area contributed by atoms with E-state index in [0.717, 1.165) is 17.1 Å². The minimum absolute atomic E-state index is 0.00625. The van der Waals surface area contributed by atoms with E-state index >= 15 is 0 Å². The first kappa shape index (κ1) is 15.5. The van der Waals surface area contributed by atoms with E-state index in [1.807, 2.05) is 0 Å². The van der Waals surface area contributed by atoms with Crippen LogP contribution in [-0.2, 0) is 24.0 Å². The van der Waals surface area contributed by atoms with Crippen LogP contribution in [0, 0.1) is 0 Å². The monoisotopic (exact) mass is 282 g/mol. The SMILES string of the molecule is O=CC(CCC(=O)O)NC(=O)CCN1C(=O)C=CC1=O. The highest BCUT2D eigenvalue weighted by Gasteiger charge is 2.24. The van der Waals surface area contributed by atoms with Crippen LogP contribution in [0.15, 0.2) is 12.2 Å². The fraction of sp³-hybridized carbons (Fsp3) is 0.417. The fourth-order valence-electron chi connectivity index (χ4n) is 1.60. The van der Waals surface area contributed by atoms with Gasteiger partial charge >= 0.3 is 5.97 Å². The van der Waals surface area contributed by atoms with Crippen LogP contribution in [0.25, 0.3) is 0 Å². The minimum Gasteiger partial charge on any atom is -0.481 e. The lowest BCUT2D eigenvalue weighted by atomic mass is 10.1. The second-order valence-corrected chi connectivity index (χ2v) is 4.15. The van der Waals surface area contributed by atoms with Gasteiger partial charge in [-0.3, -0.25) is 24.1 Å². The number of imide groups is 1. The van der Waals surface area contributed by atoms with Crippen LogP contribution in [0.2, 0.25) is 0 Å². The Bertz CT molecular complexity index is 453. The number of amides is 3. The zero-order valence-corrected chi connectivity index (χ0v) is 10.6. The molecule has 0 saturated heterocycles. The molecule has 0 aliphatic carbocycles. The van der Waals surface area contributed by atoms with E-state index in [2.05, 4.69) is 5.32 Å². The normalized spacial score (nSPS) is 15.3. The van der Waals surface area contributed by atoms with Gasteiger partial charge in [0, 0.05) is 31.5 Å². The van der Waals surface area contributed by atoms with Gasteiger partial charge in [0.1, 0.15) is 6.29 Å². The maximum absolute atomic E-state index is 11.5. The predicted octanol–water partition coefficient (Wildman–Crippen LogP) is -1.15. The van der Waals surface area contributed by atoms with Gasteiger partial charge in [-0.05, 0) is 6.42 Å². The largest absolute Gasteiger partial charge is 0.481 e. The third-order valence-electron chi connectivity index (χ3n) is 2.64. The Morgan fingerprint density at radius 1 is 1.25 bits per heavy atom. The third-order valence-corrected chi connectivity index (χ3v) is 2.64. The Kier molecular flexibility index (Phi) is 5.57. The van der Waals surface area contributed by atoms with Crippen LogP contribution in [0.1, 0.15) is 19.3 Å². The Balaban J connectivity index is 2.35. The zero-order valence-electron chi connectivity index (χ0n) is 10.6. The summed E-state index contributed by atoms with van der Waals surface area (Å²) < 4.78 is 0. The topological polar surface area (TPSA) is 121 Å². The van der Waals surface area contributed by atoms with Crippen LogP contribution in [-0.4, -0.2) is 52.6 Å². The van der Waals surface area contributed by atoms with Gasteiger partial charge in [-0.25, -0.2) is 0 Å². The third kappa shape index (κ3) is 4.63. The molecule has 20 heavy (non-hydrogen) atoms. The second-order valence-electron chi connectivity index (χ2n) is 4.15. The molecule has 1 unspecified atom stereocenters. The van der Waals surface area contributed by atoms with Crippen LogP contribution < -0.4 is 5.32 Å². The molecule has 0 radical (unpaired) electrons. The average Bonchev–Trinajstić information content (AvgIpc) is 2.71. The summed E-state index contributed by atoms with van der Waals surface area (Å²) in [5.41, 5.74) is 0. The number of rotatable bonds is 8. The quantitative estimate of drug-likeness (QED) is 0.428. The number of carbonyl (C=O) groups excluding carboxylic acids is 4. The summed E-state index contributed by atoms with van der Waals surface area (Å²) in [6.45, 7) is -0.0823. The number of carboxylic acid groups (broad SMARTS) is 1. The van der Waals surface area contributed by atoms with Crippen LogP contribution in [0.4, 0.5) is 0 Å². The number of carboxylic acids is 1. The summed E-state index contributed by atoms with van der Waals surface area (Å²) in [7, 11) is 0. The molecule has 0 aromatic heterocycles. The van der Waals surface area contributed by atoms with E-state index in [-0.39, 0.29) is 25.8 Å². The van der Waals surface area contributed by atoms with E-state index in [0.29, 0.717) is 6.29 Å². The van der Waals surface area contributed by atoms with Gasteiger partial charge in [-0.1, -0.05) is 0 Å². The van der Waals surface area contributed by atoms with E-state index in [4.69, 9.17) is 5.11 Å². The van der Waals surface area contributed by atoms with Gasteiger partial charge < -0.3 is 15.2 Å². The molecule has 0 bridgehead atoms. The Labute approximate surface area is 114 Å². The minimum atomic E-state index is -1.06. The van der Waals surface area contributed by atoms with E-state index < -0.39 is 29.7 Å². The summed E-state index contributed by atoms with van der Waals surface area (Å²) in [4.78, 5) is 55.9. The summed E-state index contributed by atoms with van der Waals surface area (Å²) in [5, 5.41) is 10.8. The van der Waals surface area contributed by atoms with Crippen molar-refractivity contribution < 1.29 is 29.1 Å². The maximum Gasteiger partial charge on any atom is 0.303 e. The molecule has 0 aromatic carbocycles. The van der Waals surface area contributed by atoms with Gasteiger partial charge in [0.2, 0.25) is 5.91 Å². The Morgan fingerprint density at radius 2 is 1.85 bits per heavy atom. The molecule has 1 heterocycles. The molecule has 2 N–H and O–H groups in total. The van der Waals surface area contributed by atoms with E-state index in [9.17, 15) is 24.0 Å². The number of aldehydes is 1. The van der Waals surface area contributed by atoms with Crippen molar-refractivity contribution in [3.63, 3.8) is 0 Å². The highest BCUT2D eigenvalue weighted by atomic mass is 16.4. The molecule has 0 saturated carbocycles. The first-order valence-corrected chi connectivity index (χ1v) is 5.94. The highest BCUT2D eigenvalue weighted by Crippen LogP contribution is 2.04. The Hall–Kier alpha value is -2.51. The molecule has 0 fully saturated rings. The van der Waals surface area contributed by atoms with Crippen molar-refractivity contribution in [1.82, 2.24) is 10.2 Å². The molecule has 0 spiro atoms. The number of hydrogen-bond donors (Lipinski definition) is 2. The molecule has 3 amide bonds. The number of carbonyl (C=O) groups is 5. The van der Waals surface area contributed by atoms with E-state index in [1.165, 1.54) is 0 Å². The van der Waals surface area contributed by atoms with Crippen molar-refractivity contribution >= 4 is 30.0 Å². The summed E-state index contributed by atoms with van der Waals surface area (Å²) >= 11 is 0. The lowest BCUT2D eigenvalue weighted by Gasteiger charge is -2.15. The van der Waals surface area contributed by atoms with Gasteiger partial charge in [-0.2, -0.15) is 0 Å². The molecule has 8 heteroatoms. The van der Waals surface area contributed by atoms with Crippen molar-refractivity contribution in [1.29, 1.82) is 0 Å². The van der Waals surface area contributed by atoms with Crippen molar-refractivity contribution in [2.75, 3.05) is 6.54 Å². The van der Waals surface area contributed by atoms with Gasteiger partial charge in [0.15, 0.2) is 0 Å². The molecule has 108 valence electrons. The Morgan fingerprint density at radius 3 is 2.35 bits per heavy atom. The van der Waals surface area contributed by atoms with Crippen LogP contribution in [0.3, 0.4) is 0 Å². The van der Waals surface area contributed by atoms with Gasteiger partial charge in [0.05, 0.1) is 6.04 Å². The lowest BCUT2D eigenvalue weighted by molar-refractivity contribution is -0.139. The molecule has 1 rings (SSSR count). The van der Waals surface area contributed by atoms with Gasteiger partial charge in [0.25, 0.3) is 11.8 Å². The molecule has 1 aliphatic rings. The summed E-state index contributed by atoms with van der Waals surface area (Å²) in [6, 6.07) is -0.887. The standard InChI is InChI=1S/C12H14N2O6/c15-7-8(1-4-12(19)20)13-9(16)5-6-14-10(17)2-3-11(14)18/h2-3,7-8H,1,4-6H2,(H,13,16)(H,19,20). The zero-order chi connectivity index (χ0) is 15.1. The first-order valence-electron chi connectivity index (χ1n) is 5.94. The van der Waals surface area contributed by atoms with Crippen molar-refractivity contribution in [2.24, 2.45) is 0 Å². The molecular weight excluding hydrogens is 268 g/mol. The average molecular weight is 282 g/mol. The molecule has 8 nitrogen and oxygen atoms in total. The highest BCUT2D eigenvalue weighted by molar-refractivity contribution is 6.13. The van der Waals surface area contributed by atoms with Crippen molar-refractivity contribution in [3.05, 3.63) is 12.2 Å². The lowest BCUT2D eigenvalue weighted by Crippen LogP contribution is -2.39. The molecule has 1 aliphatic heterocycles. The summed E-state index contributed by atoms with van der Waals surface area (Å²) in [5.74, 6) is -2.56. The second kappa shape index (κ2) is 7.17. The number of aliphatic carboxylic acids is 1. The van der Waals surface area contributed by atoms with Crippen molar-refractivity contribution in [2.45, 2.75) is 25.3 Å². The number of nitrogens with one attached hydrogen (secondary N) is 1. The smallest absolute Gasteiger partial charge is 0.303 e. The maximum atomic E-state index is 11.5. The molecular formula is C12H14N2O6. The van der Waals surface area contributed by atoms with Crippen LogP contribution in [0.5, 0.6) is 0 Å². The van der Waals surface area contributed by atoms with E-state index in [1.54, 1.807) is 0 Å². The molecule has 0 aromatic rings. The van der Waals surface area contributed by atoms with Crippen LogP contribution >= 0.6 is 0 Å². The number of hydrogen-bond acceptors (Lipinski definition) is 5. The first-order chi connectivity index (χ1) is 9.43. The van der Waals surface area contributed by atoms with Gasteiger partial charge in [-0.15, -0.1) is 0 Å². The number of nitrogens with zero attached hydrogens (tertiary/aromatic N) is 1. The predicted molar refractivity (Wildman–Crippen MR) is 65.3 cm³/mol. The van der Waals surface area contributed by atoms with Crippen molar-refractivity contribution in [3.8, 4) is 0 Å². The summed E-state index contributed by atoms with van der Waals surface area (Å²) in [6.07, 6.45) is 2.29. The molecule has 1 atom stereocenters.